The van der Waals surface area contributed by atoms with Gasteiger partial charge in [-0.3, -0.25) is 4.79 Å². The Morgan fingerprint density at radius 3 is 2.53 bits per heavy atom. The van der Waals surface area contributed by atoms with Crippen LogP contribution in [0.3, 0.4) is 0 Å². The number of amides is 1. The smallest absolute Gasteiger partial charge is 0.231 e. The molecule has 0 saturated heterocycles. The predicted octanol–water partition coefficient (Wildman–Crippen LogP) is 2.74. The molecule has 4 heteroatoms. The summed E-state index contributed by atoms with van der Waals surface area (Å²) in [4.78, 5) is 12.1. The van der Waals surface area contributed by atoms with Gasteiger partial charge in [-0.05, 0) is 37.5 Å². The van der Waals surface area contributed by atoms with Crippen LogP contribution in [0.15, 0.2) is 18.2 Å². The Balaban J connectivity index is 2.99. The molecule has 4 nitrogen and oxygen atoms in total. The van der Waals surface area contributed by atoms with E-state index in [1.165, 1.54) is 5.56 Å². The third-order valence-electron chi connectivity index (χ3n) is 3.27. The molecule has 0 radical (unpaired) electrons. The number of hydrogen-bond acceptors (Lipinski definition) is 3. The van der Waals surface area contributed by atoms with Crippen LogP contribution in [0.2, 0.25) is 0 Å². The van der Waals surface area contributed by atoms with Crippen LogP contribution < -0.4 is 15.8 Å². The van der Waals surface area contributed by atoms with Crippen LogP contribution in [-0.2, 0) is 4.79 Å². The molecule has 19 heavy (non-hydrogen) atoms. The molecule has 3 N–H and O–H groups in total. The van der Waals surface area contributed by atoms with Crippen molar-refractivity contribution in [1.82, 2.24) is 0 Å². The summed E-state index contributed by atoms with van der Waals surface area (Å²) >= 11 is 0. The molecule has 1 amide bonds. The first-order valence-corrected chi connectivity index (χ1v) is 6.51. The summed E-state index contributed by atoms with van der Waals surface area (Å²) in [6, 6.07) is 5.83. The molecule has 106 valence electrons. The van der Waals surface area contributed by atoms with Crippen LogP contribution in [0.5, 0.6) is 5.75 Å². The second kappa shape index (κ2) is 6.06. The van der Waals surface area contributed by atoms with Crippen LogP contribution in [0.4, 0.5) is 5.69 Å². The van der Waals surface area contributed by atoms with Crippen molar-refractivity contribution < 1.29 is 9.53 Å². The van der Waals surface area contributed by atoms with E-state index in [1.807, 2.05) is 32.0 Å². The molecule has 0 fully saturated rings. The van der Waals surface area contributed by atoms with Gasteiger partial charge >= 0.3 is 0 Å². The maximum Gasteiger partial charge on any atom is 0.231 e. The molecule has 0 aromatic heterocycles. The lowest BCUT2D eigenvalue weighted by Gasteiger charge is -2.22. The predicted molar refractivity (Wildman–Crippen MR) is 78.5 cm³/mol. The zero-order chi connectivity index (χ0) is 14.6. The van der Waals surface area contributed by atoms with E-state index in [0.717, 1.165) is 0 Å². The number of rotatable bonds is 5. The van der Waals surface area contributed by atoms with E-state index in [4.69, 9.17) is 10.5 Å². The van der Waals surface area contributed by atoms with Crippen molar-refractivity contribution >= 4 is 11.6 Å². The molecule has 1 rings (SSSR count). The maximum absolute atomic E-state index is 12.1. The Morgan fingerprint density at radius 2 is 2.05 bits per heavy atom. The topological polar surface area (TPSA) is 64.3 Å². The second-order valence-electron chi connectivity index (χ2n) is 5.66. The van der Waals surface area contributed by atoms with E-state index in [1.54, 1.807) is 7.11 Å². The highest BCUT2D eigenvalue weighted by molar-refractivity contribution is 5.96. The molecular formula is C15H24N2O2. The van der Waals surface area contributed by atoms with Crippen LogP contribution in [0.1, 0.15) is 39.2 Å². The first-order chi connectivity index (χ1) is 8.81. The van der Waals surface area contributed by atoms with Gasteiger partial charge in [0.25, 0.3) is 0 Å². The van der Waals surface area contributed by atoms with Crippen LogP contribution in [-0.4, -0.2) is 19.6 Å². The standard InChI is InChI=1S/C15H24N2O2/c1-10(2)11-6-7-12(13(8-11)19-5)17-14(18)15(3,4)9-16/h6-8,10H,9,16H2,1-5H3,(H,17,18). The summed E-state index contributed by atoms with van der Waals surface area (Å²) in [5.74, 6) is 0.983. The number of anilines is 1. The minimum atomic E-state index is -0.596. The Labute approximate surface area is 115 Å². The SMILES string of the molecule is COc1cc(C(C)C)ccc1NC(=O)C(C)(C)CN. The Kier molecular flexibility index (Phi) is 4.95. The average Bonchev–Trinajstić information content (AvgIpc) is 2.38. The van der Waals surface area contributed by atoms with Gasteiger partial charge in [0.1, 0.15) is 5.75 Å². The van der Waals surface area contributed by atoms with E-state index in [9.17, 15) is 4.79 Å². The second-order valence-corrected chi connectivity index (χ2v) is 5.66. The quantitative estimate of drug-likeness (QED) is 0.859. The fourth-order valence-corrected chi connectivity index (χ4v) is 1.55. The number of nitrogens with two attached hydrogens (primary N) is 1. The number of nitrogens with one attached hydrogen (secondary N) is 1. The summed E-state index contributed by atoms with van der Waals surface area (Å²) in [6.45, 7) is 8.16. The first kappa shape index (κ1) is 15.5. The minimum Gasteiger partial charge on any atom is -0.495 e. The van der Waals surface area contributed by atoms with E-state index >= 15 is 0 Å². The van der Waals surface area contributed by atoms with Crippen molar-refractivity contribution in [3.8, 4) is 5.75 Å². The number of carbonyl (C=O) groups excluding carboxylic acids is 1. The van der Waals surface area contributed by atoms with Crippen molar-refractivity contribution in [1.29, 1.82) is 0 Å². The third kappa shape index (κ3) is 3.70. The molecule has 0 spiro atoms. The van der Waals surface area contributed by atoms with Crippen molar-refractivity contribution in [3.05, 3.63) is 23.8 Å². The summed E-state index contributed by atoms with van der Waals surface area (Å²) in [5.41, 5.74) is 6.86. The molecule has 0 atom stereocenters. The van der Waals surface area contributed by atoms with Crippen molar-refractivity contribution in [2.75, 3.05) is 19.0 Å². The van der Waals surface area contributed by atoms with Gasteiger partial charge in [0.05, 0.1) is 18.2 Å². The maximum atomic E-state index is 12.1. The lowest BCUT2D eigenvalue weighted by Crippen LogP contribution is -2.37. The van der Waals surface area contributed by atoms with Gasteiger partial charge in [-0.15, -0.1) is 0 Å². The van der Waals surface area contributed by atoms with Gasteiger partial charge < -0.3 is 15.8 Å². The number of hydrogen-bond donors (Lipinski definition) is 2. The zero-order valence-corrected chi connectivity index (χ0v) is 12.4. The Hall–Kier alpha value is -1.55. The fraction of sp³-hybridized carbons (Fsp3) is 0.533. The molecule has 1 aromatic rings. The lowest BCUT2D eigenvalue weighted by molar-refractivity contribution is -0.123. The Bertz CT molecular complexity index is 453. The molecule has 0 heterocycles. The number of methoxy groups -OCH3 is 1. The highest BCUT2D eigenvalue weighted by Gasteiger charge is 2.26. The van der Waals surface area contributed by atoms with Crippen LogP contribution in [0, 0.1) is 5.41 Å². The van der Waals surface area contributed by atoms with Gasteiger partial charge in [-0.1, -0.05) is 19.9 Å². The van der Waals surface area contributed by atoms with Crippen molar-refractivity contribution in [2.24, 2.45) is 11.1 Å². The molecule has 0 aliphatic rings. The van der Waals surface area contributed by atoms with E-state index in [2.05, 4.69) is 19.2 Å². The van der Waals surface area contributed by atoms with Gasteiger partial charge in [0, 0.05) is 6.54 Å². The lowest BCUT2D eigenvalue weighted by atomic mass is 9.92. The van der Waals surface area contributed by atoms with Gasteiger partial charge in [-0.2, -0.15) is 0 Å². The first-order valence-electron chi connectivity index (χ1n) is 6.51. The van der Waals surface area contributed by atoms with Gasteiger partial charge in [0.2, 0.25) is 5.91 Å². The highest BCUT2D eigenvalue weighted by Crippen LogP contribution is 2.30. The molecule has 0 unspecified atom stereocenters. The molecule has 0 bridgehead atoms. The van der Waals surface area contributed by atoms with Gasteiger partial charge in [-0.25, -0.2) is 0 Å². The van der Waals surface area contributed by atoms with Crippen molar-refractivity contribution in [3.63, 3.8) is 0 Å². The van der Waals surface area contributed by atoms with E-state index in [0.29, 0.717) is 23.9 Å². The number of benzene rings is 1. The largest absolute Gasteiger partial charge is 0.495 e. The molecular weight excluding hydrogens is 240 g/mol. The average molecular weight is 264 g/mol. The number of carbonyl (C=O) groups is 1. The fourth-order valence-electron chi connectivity index (χ4n) is 1.55. The van der Waals surface area contributed by atoms with Crippen LogP contribution >= 0.6 is 0 Å². The zero-order valence-electron chi connectivity index (χ0n) is 12.4. The summed E-state index contributed by atoms with van der Waals surface area (Å²) in [7, 11) is 1.60. The Morgan fingerprint density at radius 1 is 1.42 bits per heavy atom. The minimum absolute atomic E-state index is 0.106. The molecule has 0 saturated carbocycles. The number of ether oxygens (including phenoxy) is 1. The molecule has 0 aliphatic carbocycles. The third-order valence-corrected chi connectivity index (χ3v) is 3.27. The highest BCUT2D eigenvalue weighted by atomic mass is 16.5. The van der Waals surface area contributed by atoms with Gasteiger partial charge in [0.15, 0.2) is 0 Å². The van der Waals surface area contributed by atoms with E-state index in [-0.39, 0.29) is 5.91 Å². The monoisotopic (exact) mass is 264 g/mol. The summed E-state index contributed by atoms with van der Waals surface area (Å²) in [5, 5.41) is 2.87. The van der Waals surface area contributed by atoms with Crippen molar-refractivity contribution in [2.45, 2.75) is 33.6 Å². The summed E-state index contributed by atoms with van der Waals surface area (Å²) < 4.78 is 5.34. The molecule has 0 aliphatic heterocycles. The summed E-state index contributed by atoms with van der Waals surface area (Å²) in [6.07, 6.45) is 0. The normalized spacial score (nSPS) is 11.5. The van der Waals surface area contributed by atoms with E-state index < -0.39 is 5.41 Å². The van der Waals surface area contributed by atoms with Crippen LogP contribution in [0.25, 0.3) is 0 Å². The molecule has 1 aromatic carbocycles.